The second-order valence-corrected chi connectivity index (χ2v) is 4.99. The van der Waals surface area contributed by atoms with Crippen molar-refractivity contribution in [2.75, 3.05) is 13.6 Å². The third-order valence-electron chi connectivity index (χ3n) is 2.35. The van der Waals surface area contributed by atoms with E-state index in [9.17, 15) is 15.0 Å². The summed E-state index contributed by atoms with van der Waals surface area (Å²) in [5.74, 6) is -0.331. The fraction of sp³-hybridized carbons (Fsp3) is 0.462. The van der Waals surface area contributed by atoms with Crippen molar-refractivity contribution < 1.29 is 15.0 Å². The Bertz CT molecular complexity index is 421. The Balaban J connectivity index is 2.89. The number of phenolic OH excluding ortho intramolecular Hbond substituents is 1. The highest BCUT2D eigenvalue weighted by atomic mass is 16.3. The lowest BCUT2D eigenvalue weighted by Gasteiger charge is -2.25. The van der Waals surface area contributed by atoms with Gasteiger partial charge < -0.3 is 15.1 Å². The largest absolute Gasteiger partial charge is 0.507 e. The Morgan fingerprint density at radius 2 is 2.00 bits per heavy atom. The standard InChI is InChI=1S/C13H19NO3/c1-9-5-6-10(11(15)7-9)12(16)14(4)8-13(2,3)17/h5-7,15,17H,8H2,1-4H3. The zero-order valence-corrected chi connectivity index (χ0v) is 10.7. The Morgan fingerprint density at radius 3 is 2.47 bits per heavy atom. The van der Waals surface area contributed by atoms with Gasteiger partial charge in [0.15, 0.2) is 0 Å². The number of phenols is 1. The van der Waals surface area contributed by atoms with Gasteiger partial charge in [-0.2, -0.15) is 0 Å². The summed E-state index contributed by atoms with van der Waals surface area (Å²) < 4.78 is 0. The van der Waals surface area contributed by atoms with Crippen molar-refractivity contribution in [3.63, 3.8) is 0 Å². The zero-order chi connectivity index (χ0) is 13.2. The van der Waals surface area contributed by atoms with Crippen LogP contribution in [0.5, 0.6) is 5.75 Å². The van der Waals surface area contributed by atoms with E-state index in [1.165, 1.54) is 4.90 Å². The van der Waals surface area contributed by atoms with Gasteiger partial charge in [-0.3, -0.25) is 4.79 Å². The van der Waals surface area contributed by atoms with E-state index >= 15 is 0 Å². The summed E-state index contributed by atoms with van der Waals surface area (Å²) in [5, 5.41) is 19.3. The number of benzene rings is 1. The van der Waals surface area contributed by atoms with Gasteiger partial charge in [-0.1, -0.05) is 6.07 Å². The molecule has 0 fully saturated rings. The Kier molecular flexibility index (Phi) is 3.78. The number of likely N-dealkylation sites (N-methyl/N-ethyl adjacent to an activating group) is 1. The number of carbonyl (C=O) groups is 1. The van der Waals surface area contributed by atoms with E-state index in [2.05, 4.69) is 0 Å². The minimum atomic E-state index is -0.954. The summed E-state index contributed by atoms with van der Waals surface area (Å²) in [7, 11) is 1.60. The first kappa shape index (κ1) is 13.5. The molecule has 0 bridgehead atoms. The van der Waals surface area contributed by atoms with E-state index in [0.29, 0.717) is 0 Å². The van der Waals surface area contributed by atoms with E-state index in [1.807, 2.05) is 6.92 Å². The molecule has 0 aliphatic rings. The van der Waals surface area contributed by atoms with Crippen LogP contribution in [0.15, 0.2) is 18.2 Å². The molecule has 0 saturated heterocycles. The molecule has 1 amide bonds. The van der Waals surface area contributed by atoms with E-state index in [1.54, 1.807) is 39.1 Å². The highest BCUT2D eigenvalue weighted by Gasteiger charge is 2.21. The number of nitrogens with zero attached hydrogens (tertiary/aromatic N) is 1. The molecular weight excluding hydrogens is 218 g/mol. The van der Waals surface area contributed by atoms with Crippen molar-refractivity contribution in [1.82, 2.24) is 4.90 Å². The molecule has 0 radical (unpaired) electrons. The van der Waals surface area contributed by atoms with Crippen molar-refractivity contribution >= 4 is 5.91 Å². The van der Waals surface area contributed by atoms with Crippen molar-refractivity contribution in [3.05, 3.63) is 29.3 Å². The maximum atomic E-state index is 12.0. The number of aliphatic hydroxyl groups is 1. The van der Waals surface area contributed by atoms with Gasteiger partial charge >= 0.3 is 0 Å². The smallest absolute Gasteiger partial charge is 0.257 e. The molecule has 4 nitrogen and oxygen atoms in total. The molecule has 17 heavy (non-hydrogen) atoms. The van der Waals surface area contributed by atoms with Crippen LogP contribution in [0.2, 0.25) is 0 Å². The average molecular weight is 237 g/mol. The number of carbonyl (C=O) groups excluding carboxylic acids is 1. The molecule has 0 aromatic heterocycles. The van der Waals surface area contributed by atoms with Crippen LogP contribution in [0.25, 0.3) is 0 Å². The quantitative estimate of drug-likeness (QED) is 0.838. The highest BCUT2D eigenvalue weighted by Crippen LogP contribution is 2.20. The van der Waals surface area contributed by atoms with E-state index in [-0.39, 0.29) is 23.8 Å². The fourth-order valence-corrected chi connectivity index (χ4v) is 1.68. The number of aryl methyl sites for hydroxylation is 1. The number of rotatable bonds is 3. The summed E-state index contributed by atoms with van der Waals surface area (Å²) in [6.07, 6.45) is 0. The van der Waals surface area contributed by atoms with Gasteiger partial charge in [-0.25, -0.2) is 0 Å². The van der Waals surface area contributed by atoms with Crippen LogP contribution < -0.4 is 0 Å². The molecule has 4 heteroatoms. The monoisotopic (exact) mass is 237 g/mol. The van der Waals surface area contributed by atoms with Gasteiger partial charge in [0, 0.05) is 13.6 Å². The lowest BCUT2D eigenvalue weighted by atomic mass is 10.1. The second-order valence-electron chi connectivity index (χ2n) is 4.99. The first-order valence-corrected chi connectivity index (χ1v) is 5.48. The summed E-state index contributed by atoms with van der Waals surface area (Å²) in [6, 6.07) is 4.91. The van der Waals surface area contributed by atoms with E-state index in [0.717, 1.165) is 5.56 Å². The minimum absolute atomic E-state index is 0.0300. The van der Waals surface area contributed by atoms with Gasteiger partial charge in [0.1, 0.15) is 5.75 Å². The molecule has 0 saturated carbocycles. The van der Waals surface area contributed by atoms with Crippen LogP contribution in [0.4, 0.5) is 0 Å². The van der Waals surface area contributed by atoms with Gasteiger partial charge in [-0.05, 0) is 38.5 Å². The number of hydrogen-bond acceptors (Lipinski definition) is 3. The number of amides is 1. The molecule has 1 rings (SSSR count). The first-order chi connectivity index (χ1) is 7.70. The van der Waals surface area contributed by atoms with Gasteiger partial charge in [0.25, 0.3) is 5.91 Å². The molecule has 1 aromatic carbocycles. The molecular formula is C13H19NO3. The predicted molar refractivity (Wildman–Crippen MR) is 66.1 cm³/mol. The van der Waals surface area contributed by atoms with Crippen LogP contribution in [0.3, 0.4) is 0 Å². The van der Waals surface area contributed by atoms with Gasteiger partial charge in [0.2, 0.25) is 0 Å². The molecule has 0 atom stereocenters. The van der Waals surface area contributed by atoms with Crippen molar-refractivity contribution in [3.8, 4) is 5.75 Å². The molecule has 0 unspecified atom stereocenters. The van der Waals surface area contributed by atoms with Crippen molar-refractivity contribution in [2.24, 2.45) is 0 Å². The van der Waals surface area contributed by atoms with Gasteiger partial charge in [-0.15, -0.1) is 0 Å². The Hall–Kier alpha value is -1.55. The van der Waals surface area contributed by atoms with Crippen LogP contribution in [0, 0.1) is 6.92 Å². The predicted octanol–water partition coefficient (Wildman–Crippen LogP) is 1.54. The molecule has 0 aliphatic heterocycles. The SMILES string of the molecule is Cc1ccc(C(=O)N(C)CC(C)(C)O)c(O)c1. The molecule has 2 N–H and O–H groups in total. The first-order valence-electron chi connectivity index (χ1n) is 5.48. The lowest BCUT2D eigenvalue weighted by Crippen LogP contribution is -2.39. The number of hydrogen-bond donors (Lipinski definition) is 2. The summed E-state index contributed by atoms with van der Waals surface area (Å²) in [5.41, 5.74) is 0.191. The molecule has 0 spiro atoms. The van der Waals surface area contributed by atoms with Crippen LogP contribution in [-0.4, -0.2) is 40.2 Å². The van der Waals surface area contributed by atoms with E-state index in [4.69, 9.17) is 0 Å². The lowest BCUT2D eigenvalue weighted by molar-refractivity contribution is 0.0366. The fourth-order valence-electron chi connectivity index (χ4n) is 1.68. The molecule has 94 valence electrons. The number of aromatic hydroxyl groups is 1. The summed E-state index contributed by atoms with van der Waals surface area (Å²) in [6.45, 7) is 5.31. The molecule has 0 heterocycles. The highest BCUT2D eigenvalue weighted by molar-refractivity contribution is 5.96. The Labute approximate surface area is 101 Å². The summed E-state index contributed by atoms with van der Waals surface area (Å²) in [4.78, 5) is 13.4. The van der Waals surface area contributed by atoms with Crippen molar-refractivity contribution in [2.45, 2.75) is 26.4 Å². The minimum Gasteiger partial charge on any atom is -0.507 e. The van der Waals surface area contributed by atoms with E-state index < -0.39 is 5.60 Å². The maximum Gasteiger partial charge on any atom is 0.257 e. The third kappa shape index (κ3) is 3.75. The second kappa shape index (κ2) is 4.75. The Morgan fingerprint density at radius 1 is 1.41 bits per heavy atom. The molecule has 1 aromatic rings. The van der Waals surface area contributed by atoms with Gasteiger partial charge in [0.05, 0.1) is 11.2 Å². The molecule has 0 aliphatic carbocycles. The van der Waals surface area contributed by atoms with Crippen molar-refractivity contribution in [1.29, 1.82) is 0 Å². The summed E-state index contributed by atoms with van der Waals surface area (Å²) >= 11 is 0. The topological polar surface area (TPSA) is 60.8 Å². The normalized spacial score (nSPS) is 11.4. The van der Waals surface area contributed by atoms with Crippen LogP contribution >= 0.6 is 0 Å². The van der Waals surface area contributed by atoms with Crippen LogP contribution in [-0.2, 0) is 0 Å². The maximum absolute atomic E-state index is 12.0. The zero-order valence-electron chi connectivity index (χ0n) is 10.7. The average Bonchev–Trinajstić information content (AvgIpc) is 2.14. The third-order valence-corrected chi connectivity index (χ3v) is 2.35. The van der Waals surface area contributed by atoms with Crippen LogP contribution in [0.1, 0.15) is 29.8 Å².